The van der Waals surface area contributed by atoms with E-state index in [0.29, 0.717) is 5.56 Å². The summed E-state index contributed by atoms with van der Waals surface area (Å²) >= 11 is 5.82. The van der Waals surface area contributed by atoms with Crippen molar-refractivity contribution in [1.29, 1.82) is 0 Å². The van der Waals surface area contributed by atoms with Crippen molar-refractivity contribution in [2.75, 3.05) is 0 Å². The molecular formula is C14H21ClN2O2. The van der Waals surface area contributed by atoms with Crippen molar-refractivity contribution >= 4 is 17.5 Å². The van der Waals surface area contributed by atoms with Crippen LogP contribution in [0.25, 0.3) is 0 Å². The average molecular weight is 285 g/mol. The first kappa shape index (κ1) is 14.4. The van der Waals surface area contributed by atoms with Crippen molar-refractivity contribution in [1.82, 2.24) is 10.6 Å². The molecule has 106 valence electrons. The largest absolute Gasteiger partial charge is 0.452 e. The van der Waals surface area contributed by atoms with Crippen molar-refractivity contribution in [3.63, 3.8) is 0 Å². The quantitative estimate of drug-likeness (QED) is 0.878. The summed E-state index contributed by atoms with van der Waals surface area (Å²) in [6.45, 7) is 8.60. The molecule has 1 saturated heterocycles. The summed E-state index contributed by atoms with van der Waals surface area (Å²) in [4.78, 5) is 12.1. The minimum atomic E-state index is -0.169. The van der Waals surface area contributed by atoms with Gasteiger partial charge in [0.2, 0.25) is 5.22 Å². The van der Waals surface area contributed by atoms with E-state index in [9.17, 15) is 4.79 Å². The molecule has 0 atom stereocenters. The molecule has 4 nitrogen and oxygen atoms in total. The zero-order valence-corrected chi connectivity index (χ0v) is 12.6. The molecule has 1 fully saturated rings. The van der Waals surface area contributed by atoms with Gasteiger partial charge in [-0.05, 0) is 58.2 Å². The van der Waals surface area contributed by atoms with Gasteiger partial charge in [0, 0.05) is 17.1 Å². The van der Waals surface area contributed by atoms with Gasteiger partial charge in [0.15, 0.2) is 0 Å². The second-order valence-electron chi connectivity index (χ2n) is 6.58. The molecule has 2 N–H and O–H groups in total. The lowest BCUT2D eigenvalue weighted by Gasteiger charge is -2.46. The highest BCUT2D eigenvalue weighted by molar-refractivity contribution is 6.32. The molecule has 0 aliphatic carbocycles. The molecule has 2 rings (SSSR count). The normalized spacial score (nSPS) is 22.2. The number of hydrogen-bond acceptors (Lipinski definition) is 3. The van der Waals surface area contributed by atoms with Gasteiger partial charge in [-0.3, -0.25) is 4.79 Å². The molecule has 0 saturated carbocycles. The molecule has 19 heavy (non-hydrogen) atoms. The number of carbonyl (C=O) groups excluding carboxylic acids is 1. The number of carbonyl (C=O) groups is 1. The molecule has 1 aromatic rings. The zero-order valence-electron chi connectivity index (χ0n) is 11.8. The third-order valence-electron chi connectivity index (χ3n) is 3.39. The van der Waals surface area contributed by atoms with E-state index in [1.807, 2.05) is 0 Å². The first-order valence-electron chi connectivity index (χ1n) is 6.52. The van der Waals surface area contributed by atoms with Gasteiger partial charge in [-0.25, -0.2) is 0 Å². The van der Waals surface area contributed by atoms with E-state index in [0.717, 1.165) is 12.8 Å². The van der Waals surface area contributed by atoms with Gasteiger partial charge in [-0.2, -0.15) is 0 Å². The molecule has 0 aromatic carbocycles. The fourth-order valence-corrected chi connectivity index (χ4v) is 3.34. The monoisotopic (exact) mass is 284 g/mol. The number of rotatable bonds is 2. The number of amides is 1. The summed E-state index contributed by atoms with van der Waals surface area (Å²) in [7, 11) is 0. The van der Waals surface area contributed by atoms with Crippen LogP contribution < -0.4 is 10.6 Å². The van der Waals surface area contributed by atoms with E-state index >= 15 is 0 Å². The van der Waals surface area contributed by atoms with E-state index in [2.05, 4.69) is 38.3 Å². The lowest BCUT2D eigenvalue weighted by Crippen LogP contribution is -2.62. The Bertz CT molecular complexity index is 464. The van der Waals surface area contributed by atoms with Gasteiger partial charge in [0.1, 0.15) is 0 Å². The average Bonchev–Trinajstić information content (AvgIpc) is 2.58. The molecular weight excluding hydrogens is 264 g/mol. The van der Waals surface area contributed by atoms with Gasteiger partial charge in [-0.15, -0.1) is 0 Å². The number of piperidine rings is 1. The van der Waals surface area contributed by atoms with Crippen LogP contribution in [0.2, 0.25) is 5.22 Å². The van der Waals surface area contributed by atoms with Gasteiger partial charge >= 0.3 is 0 Å². The van der Waals surface area contributed by atoms with Crippen molar-refractivity contribution in [2.45, 2.75) is 57.7 Å². The SMILES string of the molecule is CC1(C)CC(NC(=O)c2ccoc2Cl)CC(C)(C)N1. The molecule has 2 heterocycles. The van der Waals surface area contributed by atoms with Crippen LogP contribution in [-0.2, 0) is 0 Å². The minimum Gasteiger partial charge on any atom is -0.452 e. The Balaban J connectivity index is 2.07. The van der Waals surface area contributed by atoms with E-state index in [1.165, 1.54) is 6.26 Å². The number of nitrogens with one attached hydrogen (secondary N) is 2. The molecule has 0 bridgehead atoms. The van der Waals surface area contributed by atoms with Crippen molar-refractivity contribution in [3.05, 3.63) is 23.1 Å². The Hall–Kier alpha value is -1.00. The van der Waals surface area contributed by atoms with Gasteiger partial charge in [0.25, 0.3) is 5.91 Å². The molecule has 1 amide bonds. The van der Waals surface area contributed by atoms with Crippen LogP contribution in [0.5, 0.6) is 0 Å². The van der Waals surface area contributed by atoms with E-state index in [-0.39, 0.29) is 28.2 Å². The molecule has 0 radical (unpaired) electrons. The summed E-state index contributed by atoms with van der Waals surface area (Å²) in [6, 6.07) is 1.72. The Labute approximate surface area is 118 Å². The van der Waals surface area contributed by atoms with Crippen molar-refractivity contribution in [3.8, 4) is 0 Å². The molecule has 0 spiro atoms. The maximum atomic E-state index is 12.1. The van der Waals surface area contributed by atoms with Gasteiger partial charge in [-0.1, -0.05) is 0 Å². The maximum absolute atomic E-state index is 12.1. The summed E-state index contributed by atoms with van der Waals surface area (Å²) in [5.74, 6) is -0.169. The molecule has 5 heteroatoms. The smallest absolute Gasteiger partial charge is 0.256 e. The lowest BCUT2D eigenvalue weighted by atomic mass is 9.79. The second kappa shape index (κ2) is 4.84. The summed E-state index contributed by atoms with van der Waals surface area (Å²) in [5, 5.41) is 6.78. The van der Waals surface area contributed by atoms with E-state index < -0.39 is 0 Å². The maximum Gasteiger partial charge on any atom is 0.256 e. The lowest BCUT2D eigenvalue weighted by molar-refractivity contribution is 0.0873. The van der Waals surface area contributed by atoms with Gasteiger partial charge in [0.05, 0.1) is 11.8 Å². The Morgan fingerprint density at radius 3 is 2.42 bits per heavy atom. The highest BCUT2D eigenvalue weighted by Crippen LogP contribution is 2.29. The van der Waals surface area contributed by atoms with Crippen LogP contribution in [0.15, 0.2) is 16.7 Å². The summed E-state index contributed by atoms with van der Waals surface area (Å²) in [6.07, 6.45) is 3.20. The third kappa shape index (κ3) is 3.51. The number of hydrogen-bond donors (Lipinski definition) is 2. The van der Waals surface area contributed by atoms with E-state index in [1.54, 1.807) is 6.07 Å². The summed E-state index contributed by atoms with van der Waals surface area (Å²) < 4.78 is 4.95. The van der Waals surface area contributed by atoms with Crippen LogP contribution >= 0.6 is 11.6 Å². The zero-order chi connectivity index (χ0) is 14.3. The van der Waals surface area contributed by atoms with E-state index in [4.69, 9.17) is 16.0 Å². The predicted molar refractivity (Wildman–Crippen MR) is 75.5 cm³/mol. The highest BCUT2D eigenvalue weighted by atomic mass is 35.5. The fraction of sp³-hybridized carbons (Fsp3) is 0.643. The van der Waals surface area contributed by atoms with Crippen LogP contribution in [0.1, 0.15) is 50.9 Å². The second-order valence-corrected chi connectivity index (χ2v) is 6.92. The number of furan rings is 1. The number of halogens is 1. The van der Waals surface area contributed by atoms with Crippen molar-refractivity contribution < 1.29 is 9.21 Å². The molecule has 1 aliphatic rings. The first-order chi connectivity index (χ1) is 8.69. The van der Waals surface area contributed by atoms with Crippen LogP contribution in [-0.4, -0.2) is 23.0 Å². The fourth-order valence-electron chi connectivity index (χ4n) is 3.14. The first-order valence-corrected chi connectivity index (χ1v) is 6.90. The minimum absolute atomic E-state index is 0.000112. The predicted octanol–water partition coefficient (Wildman–Crippen LogP) is 2.97. The van der Waals surface area contributed by atoms with Crippen LogP contribution in [0.4, 0.5) is 0 Å². The highest BCUT2D eigenvalue weighted by Gasteiger charge is 2.38. The van der Waals surface area contributed by atoms with Crippen LogP contribution in [0.3, 0.4) is 0 Å². The molecule has 1 aliphatic heterocycles. The van der Waals surface area contributed by atoms with Gasteiger partial charge < -0.3 is 15.1 Å². The van der Waals surface area contributed by atoms with Crippen molar-refractivity contribution in [2.24, 2.45) is 0 Å². The standard InChI is InChI=1S/C14H21ClN2O2/c1-13(2)7-9(8-14(3,4)17-13)16-12(18)10-5-6-19-11(10)15/h5-6,9,17H,7-8H2,1-4H3,(H,16,18). The Kier molecular flexibility index (Phi) is 3.67. The Morgan fingerprint density at radius 2 is 1.95 bits per heavy atom. The summed E-state index contributed by atoms with van der Waals surface area (Å²) in [5.41, 5.74) is 0.399. The third-order valence-corrected chi connectivity index (χ3v) is 3.68. The molecule has 0 unspecified atom stereocenters. The topological polar surface area (TPSA) is 54.3 Å². The Morgan fingerprint density at radius 1 is 1.37 bits per heavy atom. The van der Waals surface area contributed by atoms with Crippen LogP contribution in [0, 0.1) is 0 Å². The molecule has 1 aromatic heterocycles.